The molecule has 20 heavy (non-hydrogen) atoms. The zero-order chi connectivity index (χ0) is 14.7. The van der Waals surface area contributed by atoms with Gasteiger partial charge in [0, 0.05) is 23.3 Å². The number of carboxylic acids is 1. The molecule has 0 aliphatic rings. The van der Waals surface area contributed by atoms with Crippen molar-refractivity contribution in [2.24, 2.45) is 0 Å². The Bertz CT molecular complexity index is 643. The number of nitrogens with zero attached hydrogens (tertiary/aromatic N) is 1. The third kappa shape index (κ3) is 2.93. The highest BCUT2D eigenvalue weighted by Gasteiger charge is 2.11. The number of carboxylic acid groups (broad SMARTS) is 1. The first-order valence-electron chi connectivity index (χ1n) is 5.93. The van der Waals surface area contributed by atoms with Crippen LogP contribution in [0.25, 0.3) is 0 Å². The molecular weight excluding hydrogens is 322 g/mol. The van der Waals surface area contributed by atoms with Crippen molar-refractivity contribution in [1.82, 2.24) is 0 Å². The zero-order valence-electron chi connectivity index (χ0n) is 11.1. The maximum absolute atomic E-state index is 10.9. The van der Waals surface area contributed by atoms with E-state index in [1.54, 1.807) is 25.3 Å². The van der Waals surface area contributed by atoms with Crippen molar-refractivity contribution >= 4 is 33.3 Å². The second-order valence-electron chi connectivity index (χ2n) is 4.23. The summed E-state index contributed by atoms with van der Waals surface area (Å²) in [7, 11) is 3.53. The van der Waals surface area contributed by atoms with Crippen LogP contribution in [0.3, 0.4) is 0 Å². The maximum Gasteiger partial charge on any atom is 0.335 e. The number of carbonyl (C=O) groups is 1. The van der Waals surface area contributed by atoms with Crippen molar-refractivity contribution in [1.29, 1.82) is 0 Å². The summed E-state index contributed by atoms with van der Waals surface area (Å²) in [6.45, 7) is 0. The fraction of sp³-hybridized carbons (Fsp3) is 0.133. The predicted molar refractivity (Wildman–Crippen MR) is 82.2 cm³/mol. The molecule has 1 N–H and O–H groups in total. The molecule has 0 heterocycles. The first-order chi connectivity index (χ1) is 9.52. The van der Waals surface area contributed by atoms with E-state index < -0.39 is 5.97 Å². The van der Waals surface area contributed by atoms with Gasteiger partial charge in [-0.15, -0.1) is 0 Å². The van der Waals surface area contributed by atoms with Gasteiger partial charge in [-0.2, -0.15) is 0 Å². The van der Waals surface area contributed by atoms with Gasteiger partial charge in [0.25, 0.3) is 0 Å². The summed E-state index contributed by atoms with van der Waals surface area (Å²) in [5.74, 6) is -0.172. The standard InChI is InChI=1S/C15H14BrNO3/c1-17(11-4-3-5-12(9-11)20-2)14-7-6-10(15(18)19)8-13(14)16/h3-9H,1-2H3,(H,18,19). The fourth-order valence-electron chi connectivity index (χ4n) is 1.87. The zero-order valence-corrected chi connectivity index (χ0v) is 12.7. The van der Waals surface area contributed by atoms with Crippen LogP contribution in [0, 0.1) is 0 Å². The Morgan fingerprint density at radius 1 is 1.25 bits per heavy atom. The lowest BCUT2D eigenvalue weighted by atomic mass is 10.2. The molecule has 0 saturated carbocycles. The lowest BCUT2D eigenvalue weighted by molar-refractivity contribution is 0.0697. The quantitative estimate of drug-likeness (QED) is 0.919. The Labute approximate surface area is 125 Å². The molecule has 0 radical (unpaired) electrons. The summed E-state index contributed by atoms with van der Waals surface area (Å²) < 4.78 is 5.93. The predicted octanol–water partition coefficient (Wildman–Crippen LogP) is 3.92. The van der Waals surface area contributed by atoms with Crippen molar-refractivity contribution in [2.75, 3.05) is 19.1 Å². The molecule has 2 rings (SSSR count). The van der Waals surface area contributed by atoms with Crippen molar-refractivity contribution in [3.63, 3.8) is 0 Å². The van der Waals surface area contributed by atoms with Gasteiger partial charge in [0.2, 0.25) is 0 Å². The molecule has 0 atom stereocenters. The van der Waals surface area contributed by atoms with Crippen LogP contribution in [0.5, 0.6) is 5.75 Å². The third-order valence-corrected chi connectivity index (χ3v) is 3.63. The van der Waals surface area contributed by atoms with E-state index in [4.69, 9.17) is 9.84 Å². The van der Waals surface area contributed by atoms with Crippen molar-refractivity contribution in [2.45, 2.75) is 0 Å². The van der Waals surface area contributed by atoms with Gasteiger partial charge in [-0.25, -0.2) is 4.79 Å². The van der Waals surface area contributed by atoms with Gasteiger partial charge in [0.05, 0.1) is 18.4 Å². The van der Waals surface area contributed by atoms with E-state index in [2.05, 4.69) is 15.9 Å². The minimum Gasteiger partial charge on any atom is -0.497 e. The normalized spacial score (nSPS) is 10.2. The van der Waals surface area contributed by atoms with Crippen LogP contribution in [0.2, 0.25) is 0 Å². The lowest BCUT2D eigenvalue weighted by Crippen LogP contribution is -2.10. The smallest absolute Gasteiger partial charge is 0.335 e. The van der Waals surface area contributed by atoms with Crippen LogP contribution >= 0.6 is 15.9 Å². The molecule has 5 heteroatoms. The molecule has 0 aliphatic heterocycles. The largest absolute Gasteiger partial charge is 0.497 e. The summed E-state index contributed by atoms with van der Waals surface area (Å²) in [6.07, 6.45) is 0. The van der Waals surface area contributed by atoms with E-state index in [1.807, 2.05) is 36.2 Å². The molecule has 0 bridgehead atoms. The first kappa shape index (κ1) is 14.4. The van der Waals surface area contributed by atoms with Crippen LogP contribution in [0.15, 0.2) is 46.9 Å². The average Bonchev–Trinajstić information content (AvgIpc) is 2.46. The minimum absolute atomic E-state index is 0.250. The summed E-state index contributed by atoms with van der Waals surface area (Å²) in [6, 6.07) is 12.6. The van der Waals surface area contributed by atoms with Gasteiger partial charge in [-0.3, -0.25) is 0 Å². The van der Waals surface area contributed by atoms with Crippen molar-refractivity contribution < 1.29 is 14.6 Å². The van der Waals surface area contributed by atoms with E-state index in [9.17, 15) is 4.79 Å². The minimum atomic E-state index is -0.943. The SMILES string of the molecule is COc1cccc(N(C)c2ccc(C(=O)O)cc2Br)c1. The molecule has 0 spiro atoms. The summed E-state index contributed by atoms with van der Waals surface area (Å²) in [5.41, 5.74) is 2.08. The molecule has 104 valence electrons. The summed E-state index contributed by atoms with van der Waals surface area (Å²) in [5, 5.41) is 8.97. The monoisotopic (exact) mass is 335 g/mol. The Balaban J connectivity index is 2.37. The van der Waals surface area contributed by atoms with Crippen molar-refractivity contribution in [3.05, 3.63) is 52.5 Å². The number of aromatic carboxylic acids is 1. The van der Waals surface area contributed by atoms with Gasteiger partial charge in [-0.05, 0) is 46.3 Å². The Morgan fingerprint density at radius 2 is 2.00 bits per heavy atom. The highest BCUT2D eigenvalue weighted by atomic mass is 79.9. The first-order valence-corrected chi connectivity index (χ1v) is 6.73. The molecule has 0 saturated heterocycles. The number of hydrogen-bond acceptors (Lipinski definition) is 3. The van der Waals surface area contributed by atoms with Crippen LogP contribution in [0.1, 0.15) is 10.4 Å². The van der Waals surface area contributed by atoms with Gasteiger partial charge >= 0.3 is 5.97 Å². The number of rotatable bonds is 4. The Kier molecular flexibility index (Phi) is 4.29. The summed E-state index contributed by atoms with van der Waals surface area (Å²) in [4.78, 5) is 12.9. The molecule has 0 aromatic heterocycles. The van der Waals surface area contributed by atoms with Gasteiger partial charge in [0.1, 0.15) is 5.75 Å². The molecule has 2 aromatic rings. The highest BCUT2D eigenvalue weighted by molar-refractivity contribution is 9.10. The number of methoxy groups -OCH3 is 1. The molecule has 0 unspecified atom stereocenters. The topological polar surface area (TPSA) is 49.8 Å². The van der Waals surface area contributed by atoms with Crippen LogP contribution in [0.4, 0.5) is 11.4 Å². The van der Waals surface area contributed by atoms with E-state index in [0.717, 1.165) is 21.6 Å². The Hall–Kier alpha value is -2.01. The average molecular weight is 336 g/mol. The number of halogens is 1. The van der Waals surface area contributed by atoms with Crippen molar-refractivity contribution in [3.8, 4) is 5.75 Å². The van der Waals surface area contributed by atoms with E-state index in [1.165, 1.54) is 0 Å². The third-order valence-electron chi connectivity index (χ3n) is 3.00. The van der Waals surface area contributed by atoms with Gasteiger partial charge in [-0.1, -0.05) is 6.07 Å². The van der Waals surface area contributed by atoms with Crippen LogP contribution < -0.4 is 9.64 Å². The van der Waals surface area contributed by atoms with Crippen LogP contribution in [-0.4, -0.2) is 25.2 Å². The molecule has 2 aromatic carbocycles. The maximum atomic E-state index is 10.9. The van der Waals surface area contributed by atoms with Gasteiger partial charge in [0.15, 0.2) is 0 Å². The number of hydrogen-bond donors (Lipinski definition) is 1. The molecule has 0 amide bonds. The number of ether oxygens (including phenoxy) is 1. The molecular formula is C15H14BrNO3. The Morgan fingerprint density at radius 3 is 2.60 bits per heavy atom. The number of benzene rings is 2. The van der Waals surface area contributed by atoms with E-state index in [0.29, 0.717) is 0 Å². The lowest BCUT2D eigenvalue weighted by Gasteiger charge is -2.21. The van der Waals surface area contributed by atoms with E-state index >= 15 is 0 Å². The van der Waals surface area contributed by atoms with Crippen LogP contribution in [-0.2, 0) is 0 Å². The van der Waals surface area contributed by atoms with E-state index in [-0.39, 0.29) is 5.56 Å². The number of anilines is 2. The second kappa shape index (κ2) is 5.96. The molecule has 0 fully saturated rings. The second-order valence-corrected chi connectivity index (χ2v) is 5.09. The molecule has 0 aliphatic carbocycles. The highest BCUT2D eigenvalue weighted by Crippen LogP contribution is 2.32. The molecule has 4 nitrogen and oxygen atoms in total. The summed E-state index contributed by atoms with van der Waals surface area (Å²) >= 11 is 3.41. The van der Waals surface area contributed by atoms with Gasteiger partial charge < -0.3 is 14.7 Å². The fourth-order valence-corrected chi connectivity index (χ4v) is 2.51.